The van der Waals surface area contributed by atoms with E-state index in [0.717, 1.165) is 22.3 Å². The quantitative estimate of drug-likeness (QED) is 0.689. The van der Waals surface area contributed by atoms with Gasteiger partial charge in [0.1, 0.15) is 12.6 Å². The molecule has 2 amide bonds. The molecule has 2 aromatic carbocycles. The highest BCUT2D eigenvalue weighted by Gasteiger charge is 2.50. The lowest BCUT2D eigenvalue weighted by atomic mass is 9.98. The minimum atomic E-state index is -3.25. The number of benzene rings is 2. The Morgan fingerprint density at radius 2 is 1.70 bits per heavy atom. The van der Waals surface area contributed by atoms with Gasteiger partial charge < -0.3 is 20.1 Å². The molecule has 0 saturated carbocycles. The van der Waals surface area contributed by atoms with Crippen LogP contribution < -0.4 is 5.32 Å². The van der Waals surface area contributed by atoms with E-state index >= 15 is 0 Å². The predicted molar refractivity (Wildman–Crippen MR) is 115 cm³/mol. The van der Waals surface area contributed by atoms with Crippen molar-refractivity contribution in [3.8, 4) is 11.1 Å². The predicted octanol–water partition coefficient (Wildman–Crippen LogP) is 3.62. The standard InChI is InChI=1S/C24H24F2N2O5/c1-14(10-21(29)28-13-24(25,26)11-20(28)22(30)31)27-23(32)33-12-19-17-8-4-2-6-15(17)16-7-3-5-9-18(16)19/h2-9,14,19-20H,10-13H2,1H3,(H,27,32)(H,30,31)/t14-,20-/m0/s1. The first-order valence-electron chi connectivity index (χ1n) is 10.7. The largest absolute Gasteiger partial charge is 0.480 e. The summed E-state index contributed by atoms with van der Waals surface area (Å²) < 4.78 is 32.7. The molecule has 7 nitrogen and oxygen atoms in total. The summed E-state index contributed by atoms with van der Waals surface area (Å²) in [6.45, 7) is 0.684. The lowest BCUT2D eigenvalue weighted by Crippen LogP contribution is -2.44. The zero-order chi connectivity index (χ0) is 23.8. The van der Waals surface area contributed by atoms with Crippen LogP contribution in [-0.2, 0) is 14.3 Å². The zero-order valence-corrected chi connectivity index (χ0v) is 18.0. The van der Waals surface area contributed by atoms with Crippen LogP contribution in [0.25, 0.3) is 11.1 Å². The lowest BCUT2D eigenvalue weighted by molar-refractivity contribution is -0.148. The lowest BCUT2D eigenvalue weighted by Gasteiger charge is -2.23. The monoisotopic (exact) mass is 458 g/mol. The molecule has 1 fully saturated rings. The van der Waals surface area contributed by atoms with Gasteiger partial charge in [0.05, 0.1) is 6.54 Å². The number of hydrogen-bond acceptors (Lipinski definition) is 4. The summed E-state index contributed by atoms with van der Waals surface area (Å²) in [6.07, 6.45) is -1.97. The summed E-state index contributed by atoms with van der Waals surface area (Å²) in [5.41, 5.74) is 4.31. The molecule has 2 aliphatic rings. The molecular formula is C24H24F2N2O5. The Balaban J connectivity index is 1.33. The third-order valence-corrected chi connectivity index (χ3v) is 6.06. The van der Waals surface area contributed by atoms with Gasteiger partial charge in [0.25, 0.3) is 5.92 Å². The van der Waals surface area contributed by atoms with E-state index in [1.165, 1.54) is 6.92 Å². The summed E-state index contributed by atoms with van der Waals surface area (Å²) in [5, 5.41) is 11.7. The number of rotatable bonds is 6. The van der Waals surface area contributed by atoms with E-state index in [4.69, 9.17) is 9.84 Å². The van der Waals surface area contributed by atoms with Crippen molar-refractivity contribution in [2.24, 2.45) is 0 Å². The highest BCUT2D eigenvalue weighted by atomic mass is 19.3. The van der Waals surface area contributed by atoms with Crippen molar-refractivity contribution in [2.45, 2.75) is 43.7 Å². The van der Waals surface area contributed by atoms with Crippen molar-refractivity contribution in [2.75, 3.05) is 13.2 Å². The van der Waals surface area contributed by atoms with E-state index in [1.54, 1.807) is 0 Å². The summed E-state index contributed by atoms with van der Waals surface area (Å²) in [5.74, 6) is -5.60. The molecule has 174 valence electrons. The second-order valence-corrected chi connectivity index (χ2v) is 8.51. The number of fused-ring (bicyclic) bond motifs is 3. The second kappa shape index (κ2) is 8.80. The van der Waals surface area contributed by atoms with Crippen molar-refractivity contribution in [1.82, 2.24) is 10.2 Å². The Morgan fingerprint density at radius 3 is 2.27 bits per heavy atom. The Hall–Kier alpha value is -3.49. The number of alkyl halides is 2. The van der Waals surface area contributed by atoms with Crippen LogP contribution in [0.5, 0.6) is 0 Å². The summed E-state index contributed by atoms with van der Waals surface area (Å²) in [6, 6.07) is 13.5. The Labute approximate surface area is 189 Å². The topological polar surface area (TPSA) is 95.9 Å². The van der Waals surface area contributed by atoms with Crippen LogP contribution in [-0.4, -0.2) is 59.1 Å². The van der Waals surface area contributed by atoms with Crippen molar-refractivity contribution in [3.63, 3.8) is 0 Å². The molecule has 0 aromatic heterocycles. The van der Waals surface area contributed by atoms with Gasteiger partial charge in [-0.15, -0.1) is 0 Å². The molecule has 1 aliphatic carbocycles. The number of aliphatic carboxylic acids is 1. The minimum Gasteiger partial charge on any atom is -0.480 e. The fourth-order valence-corrected chi connectivity index (χ4v) is 4.57. The normalized spacial score (nSPS) is 19.5. The third-order valence-electron chi connectivity index (χ3n) is 6.06. The number of nitrogens with zero attached hydrogens (tertiary/aromatic N) is 1. The number of alkyl carbamates (subject to hydrolysis) is 1. The first-order chi connectivity index (χ1) is 15.7. The Morgan fingerprint density at radius 1 is 1.12 bits per heavy atom. The van der Waals surface area contributed by atoms with Crippen molar-refractivity contribution in [3.05, 3.63) is 59.7 Å². The van der Waals surface area contributed by atoms with Crippen LogP contribution in [0, 0.1) is 0 Å². The van der Waals surface area contributed by atoms with Crippen LogP contribution in [0.2, 0.25) is 0 Å². The van der Waals surface area contributed by atoms with Crippen molar-refractivity contribution in [1.29, 1.82) is 0 Å². The second-order valence-electron chi connectivity index (χ2n) is 8.51. The number of amides is 2. The van der Waals surface area contributed by atoms with Gasteiger partial charge in [-0.3, -0.25) is 4.79 Å². The molecule has 2 atom stereocenters. The third kappa shape index (κ3) is 4.67. The van der Waals surface area contributed by atoms with Crippen molar-refractivity contribution < 1.29 is 33.0 Å². The molecule has 9 heteroatoms. The van der Waals surface area contributed by atoms with Crippen LogP contribution in [0.15, 0.2) is 48.5 Å². The van der Waals surface area contributed by atoms with Gasteiger partial charge in [-0.25, -0.2) is 18.4 Å². The van der Waals surface area contributed by atoms with E-state index < -0.39 is 48.9 Å². The molecule has 2 N–H and O–H groups in total. The Bertz CT molecular complexity index is 1040. The maximum absolute atomic E-state index is 13.6. The molecule has 0 spiro atoms. The molecule has 1 saturated heterocycles. The summed E-state index contributed by atoms with van der Waals surface area (Å²) >= 11 is 0. The minimum absolute atomic E-state index is 0.0972. The Kier molecular flexibility index (Phi) is 6.05. The SMILES string of the molecule is C[C@@H](CC(=O)N1CC(F)(F)C[C@H]1C(=O)O)NC(=O)OCC1c2ccccc2-c2ccccc21. The molecule has 4 rings (SSSR count). The number of carbonyl (C=O) groups excluding carboxylic acids is 2. The maximum Gasteiger partial charge on any atom is 0.407 e. The molecule has 33 heavy (non-hydrogen) atoms. The zero-order valence-electron chi connectivity index (χ0n) is 18.0. The average Bonchev–Trinajstić information content (AvgIpc) is 3.26. The fraction of sp³-hybridized carbons (Fsp3) is 0.375. The molecule has 1 heterocycles. The molecule has 2 aromatic rings. The fourth-order valence-electron chi connectivity index (χ4n) is 4.57. The molecular weight excluding hydrogens is 434 g/mol. The summed E-state index contributed by atoms with van der Waals surface area (Å²) in [4.78, 5) is 36.7. The molecule has 1 aliphatic heterocycles. The van der Waals surface area contributed by atoms with Crippen LogP contribution in [0.4, 0.5) is 13.6 Å². The number of ether oxygens (including phenoxy) is 1. The van der Waals surface area contributed by atoms with Crippen LogP contribution >= 0.6 is 0 Å². The van der Waals surface area contributed by atoms with Gasteiger partial charge in [-0.2, -0.15) is 0 Å². The number of hydrogen-bond donors (Lipinski definition) is 2. The van der Waals surface area contributed by atoms with Gasteiger partial charge in [0.15, 0.2) is 0 Å². The molecule has 0 unspecified atom stereocenters. The van der Waals surface area contributed by atoms with E-state index in [1.807, 2.05) is 48.5 Å². The number of carbonyl (C=O) groups is 3. The molecule has 0 radical (unpaired) electrons. The van der Waals surface area contributed by atoms with E-state index in [0.29, 0.717) is 4.90 Å². The maximum atomic E-state index is 13.6. The van der Waals surface area contributed by atoms with Gasteiger partial charge >= 0.3 is 12.1 Å². The first kappa shape index (κ1) is 22.7. The number of nitrogens with one attached hydrogen (secondary N) is 1. The van der Waals surface area contributed by atoms with E-state index in [2.05, 4.69) is 5.32 Å². The average molecular weight is 458 g/mol. The number of carboxylic acids is 1. The van der Waals surface area contributed by atoms with E-state index in [-0.39, 0.29) is 18.9 Å². The van der Waals surface area contributed by atoms with Crippen LogP contribution in [0.3, 0.4) is 0 Å². The number of likely N-dealkylation sites (tertiary alicyclic amines) is 1. The summed E-state index contributed by atoms with van der Waals surface area (Å²) in [7, 11) is 0. The first-order valence-corrected chi connectivity index (χ1v) is 10.7. The smallest absolute Gasteiger partial charge is 0.407 e. The number of halogens is 2. The van der Waals surface area contributed by atoms with Gasteiger partial charge in [0, 0.05) is 24.8 Å². The van der Waals surface area contributed by atoms with Crippen LogP contribution in [0.1, 0.15) is 36.8 Å². The van der Waals surface area contributed by atoms with Gasteiger partial charge in [-0.05, 0) is 29.2 Å². The van der Waals surface area contributed by atoms with E-state index in [9.17, 15) is 23.2 Å². The molecule has 0 bridgehead atoms. The van der Waals surface area contributed by atoms with Crippen molar-refractivity contribution >= 4 is 18.0 Å². The van der Waals surface area contributed by atoms with Gasteiger partial charge in [-0.1, -0.05) is 48.5 Å². The van der Waals surface area contributed by atoms with Gasteiger partial charge in [0.2, 0.25) is 5.91 Å². The highest BCUT2D eigenvalue weighted by Crippen LogP contribution is 2.44. The number of carboxylic acid groups (broad SMARTS) is 1. The highest BCUT2D eigenvalue weighted by molar-refractivity contribution is 5.85.